The minimum Gasteiger partial charge on any atom is -0.361 e. The first kappa shape index (κ1) is 16.3. The van der Waals surface area contributed by atoms with E-state index in [1.54, 1.807) is 16.7 Å². The molecule has 2 fully saturated rings. The van der Waals surface area contributed by atoms with Crippen LogP contribution in [-0.2, 0) is 6.42 Å². The minimum atomic E-state index is 0.794. The van der Waals surface area contributed by atoms with Crippen LogP contribution in [0.5, 0.6) is 0 Å². The molecule has 27 heavy (non-hydrogen) atoms. The highest BCUT2D eigenvalue weighted by atomic mass is 32.2. The lowest BCUT2D eigenvalue weighted by atomic mass is 9.64. The summed E-state index contributed by atoms with van der Waals surface area (Å²) in [6, 6.07) is 11.9. The second-order valence-electron chi connectivity index (χ2n) is 8.65. The van der Waals surface area contributed by atoms with E-state index >= 15 is 0 Å². The molecule has 1 unspecified atom stereocenters. The van der Waals surface area contributed by atoms with Gasteiger partial charge < -0.3 is 4.90 Å². The number of fused-ring (bicyclic) bond motifs is 4. The van der Waals surface area contributed by atoms with Crippen molar-refractivity contribution in [3.63, 3.8) is 0 Å². The van der Waals surface area contributed by atoms with Gasteiger partial charge in [-0.05, 0) is 72.1 Å². The number of rotatable bonds is 2. The third kappa shape index (κ3) is 2.52. The van der Waals surface area contributed by atoms with Gasteiger partial charge in [0.1, 0.15) is 0 Å². The Morgan fingerprint density at radius 1 is 1.04 bits per heavy atom. The van der Waals surface area contributed by atoms with Crippen molar-refractivity contribution in [1.29, 1.82) is 0 Å². The maximum absolute atomic E-state index is 2.57. The lowest BCUT2D eigenvalue weighted by Gasteiger charge is -2.41. The van der Waals surface area contributed by atoms with Crippen molar-refractivity contribution < 1.29 is 0 Å². The Morgan fingerprint density at radius 2 is 2.00 bits per heavy atom. The molecule has 0 radical (unpaired) electrons. The molecule has 0 N–H and O–H groups in total. The predicted molar refractivity (Wildman–Crippen MR) is 118 cm³/mol. The number of nitrogens with zero attached hydrogens (tertiary/aromatic N) is 1. The molecule has 4 aliphatic rings. The van der Waals surface area contributed by atoms with Crippen LogP contribution in [0.15, 0.2) is 48.1 Å². The summed E-state index contributed by atoms with van der Waals surface area (Å²) in [4.78, 5) is 2.57. The van der Waals surface area contributed by atoms with Gasteiger partial charge in [0, 0.05) is 23.4 Å². The van der Waals surface area contributed by atoms with Gasteiger partial charge in [-0.3, -0.25) is 0 Å². The molecule has 1 atom stereocenters. The highest BCUT2D eigenvalue weighted by Crippen LogP contribution is 2.49. The molecule has 0 amide bonds. The standard InChI is InChI=1S/C25H27NS/c1-2-8-19-18(7-1)21-11-12-22-20(24(21)15-23(19)17-5-3-6-17)9-4-10-25(22)26-13-14-27-16-26/h1,4,7,9-12,17,23H,2-3,5-6,8,13-16H2. The first-order chi connectivity index (χ1) is 13.4. The summed E-state index contributed by atoms with van der Waals surface area (Å²) in [5.74, 6) is 4.12. The fourth-order valence-corrected chi connectivity index (χ4v) is 6.69. The van der Waals surface area contributed by atoms with Crippen LogP contribution in [0.2, 0.25) is 0 Å². The number of hydrogen-bond acceptors (Lipinski definition) is 2. The first-order valence-corrected chi connectivity index (χ1v) is 11.8. The molecule has 2 heteroatoms. The Kier molecular flexibility index (Phi) is 3.89. The second kappa shape index (κ2) is 6.44. The molecule has 6 rings (SSSR count). The summed E-state index contributed by atoms with van der Waals surface area (Å²) >= 11 is 2.05. The summed E-state index contributed by atoms with van der Waals surface area (Å²) in [5.41, 5.74) is 7.95. The lowest BCUT2D eigenvalue weighted by molar-refractivity contribution is 0.227. The van der Waals surface area contributed by atoms with Crippen LogP contribution < -0.4 is 4.90 Å². The van der Waals surface area contributed by atoms with Crippen LogP contribution in [0.4, 0.5) is 5.69 Å². The van der Waals surface area contributed by atoms with Gasteiger partial charge in [0.2, 0.25) is 0 Å². The Bertz CT molecular complexity index is 960. The minimum absolute atomic E-state index is 0.794. The van der Waals surface area contributed by atoms with Crippen LogP contribution in [0, 0.1) is 11.8 Å². The molecule has 0 bridgehead atoms. The summed E-state index contributed by atoms with van der Waals surface area (Å²) in [6.07, 6.45) is 13.0. The van der Waals surface area contributed by atoms with Gasteiger partial charge in [-0.25, -0.2) is 0 Å². The monoisotopic (exact) mass is 373 g/mol. The van der Waals surface area contributed by atoms with Crippen molar-refractivity contribution in [2.24, 2.45) is 11.8 Å². The van der Waals surface area contributed by atoms with Crippen LogP contribution in [-0.4, -0.2) is 18.2 Å². The highest BCUT2D eigenvalue weighted by Gasteiger charge is 2.36. The topological polar surface area (TPSA) is 3.24 Å². The van der Waals surface area contributed by atoms with Crippen molar-refractivity contribution in [2.75, 3.05) is 23.1 Å². The fraction of sp³-hybridized carbons (Fsp3) is 0.440. The van der Waals surface area contributed by atoms with Crippen LogP contribution in [0.3, 0.4) is 0 Å². The van der Waals surface area contributed by atoms with E-state index in [1.807, 2.05) is 0 Å². The Morgan fingerprint density at radius 3 is 2.81 bits per heavy atom. The summed E-state index contributed by atoms with van der Waals surface area (Å²) in [7, 11) is 0. The van der Waals surface area contributed by atoms with E-state index in [0.717, 1.165) is 17.7 Å². The lowest BCUT2D eigenvalue weighted by Crippen LogP contribution is -2.29. The third-order valence-electron chi connectivity index (χ3n) is 7.33. The summed E-state index contributed by atoms with van der Waals surface area (Å²) in [5, 5.41) is 2.98. The van der Waals surface area contributed by atoms with Crippen molar-refractivity contribution in [2.45, 2.75) is 38.5 Å². The average Bonchev–Trinajstić information content (AvgIpc) is 3.21. The Balaban J connectivity index is 1.54. The fourth-order valence-electron chi connectivity index (χ4n) is 5.72. The number of benzene rings is 2. The number of hydrogen-bond donors (Lipinski definition) is 0. The first-order valence-electron chi connectivity index (χ1n) is 10.7. The van der Waals surface area contributed by atoms with E-state index in [1.165, 1.54) is 72.8 Å². The molecular formula is C25H27NS. The average molecular weight is 374 g/mol. The smallest absolute Gasteiger partial charge is 0.0640 e. The van der Waals surface area contributed by atoms with E-state index in [0.29, 0.717) is 0 Å². The zero-order chi connectivity index (χ0) is 17.8. The molecule has 1 heterocycles. The predicted octanol–water partition coefficient (Wildman–Crippen LogP) is 6.43. The molecule has 3 aliphatic carbocycles. The third-order valence-corrected chi connectivity index (χ3v) is 8.30. The van der Waals surface area contributed by atoms with E-state index in [4.69, 9.17) is 0 Å². The van der Waals surface area contributed by atoms with Crippen molar-refractivity contribution in [1.82, 2.24) is 0 Å². The number of allylic oxidation sites excluding steroid dienone is 4. The van der Waals surface area contributed by atoms with E-state index < -0.39 is 0 Å². The molecule has 1 aliphatic heterocycles. The largest absolute Gasteiger partial charge is 0.361 e. The van der Waals surface area contributed by atoms with Crippen LogP contribution in [0.1, 0.15) is 43.2 Å². The molecule has 2 aromatic rings. The zero-order valence-electron chi connectivity index (χ0n) is 15.9. The van der Waals surface area contributed by atoms with Crippen molar-refractivity contribution in [3.8, 4) is 0 Å². The normalized spacial score (nSPS) is 24.9. The van der Waals surface area contributed by atoms with Gasteiger partial charge in [0.25, 0.3) is 0 Å². The molecule has 0 aromatic heterocycles. The van der Waals surface area contributed by atoms with Gasteiger partial charge in [0.15, 0.2) is 0 Å². The molecular weight excluding hydrogens is 346 g/mol. The van der Waals surface area contributed by atoms with Gasteiger partial charge in [-0.15, -0.1) is 11.8 Å². The molecule has 1 saturated carbocycles. The second-order valence-corrected chi connectivity index (χ2v) is 9.72. The zero-order valence-corrected chi connectivity index (χ0v) is 16.7. The molecule has 1 saturated heterocycles. The SMILES string of the molecule is C1=CC2=C(CC1)C(C1CCC1)Cc1c2ccc2c(N3CCSC3)cccc12. The number of anilines is 1. The van der Waals surface area contributed by atoms with Gasteiger partial charge in [0.05, 0.1) is 5.88 Å². The highest BCUT2D eigenvalue weighted by molar-refractivity contribution is 7.99. The molecule has 0 spiro atoms. The summed E-state index contributed by atoms with van der Waals surface area (Å²) < 4.78 is 0. The molecule has 2 aromatic carbocycles. The maximum atomic E-state index is 2.57. The van der Waals surface area contributed by atoms with Gasteiger partial charge in [-0.2, -0.15) is 0 Å². The van der Waals surface area contributed by atoms with E-state index in [-0.39, 0.29) is 0 Å². The van der Waals surface area contributed by atoms with E-state index in [2.05, 4.69) is 59.1 Å². The van der Waals surface area contributed by atoms with Crippen molar-refractivity contribution >= 4 is 33.8 Å². The maximum Gasteiger partial charge on any atom is 0.0640 e. The van der Waals surface area contributed by atoms with E-state index in [9.17, 15) is 0 Å². The van der Waals surface area contributed by atoms with Crippen LogP contribution >= 0.6 is 11.8 Å². The molecule has 138 valence electrons. The number of thioether (sulfide) groups is 1. The quantitative estimate of drug-likeness (QED) is 0.597. The molecule has 1 nitrogen and oxygen atoms in total. The Labute approximate surface area is 166 Å². The summed E-state index contributed by atoms with van der Waals surface area (Å²) in [6.45, 7) is 1.18. The Hall–Kier alpha value is -1.67. The van der Waals surface area contributed by atoms with Crippen LogP contribution in [0.25, 0.3) is 16.3 Å². The van der Waals surface area contributed by atoms with Crippen molar-refractivity contribution in [3.05, 3.63) is 59.2 Å². The van der Waals surface area contributed by atoms with Gasteiger partial charge >= 0.3 is 0 Å². The van der Waals surface area contributed by atoms with Gasteiger partial charge in [-0.1, -0.05) is 48.4 Å².